The van der Waals surface area contributed by atoms with Crippen molar-refractivity contribution in [1.29, 1.82) is 0 Å². The van der Waals surface area contributed by atoms with Crippen molar-refractivity contribution in [2.45, 2.75) is 26.3 Å². The van der Waals surface area contributed by atoms with Crippen molar-refractivity contribution >= 4 is 0 Å². The highest BCUT2D eigenvalue weighted by Gasteiger charge is 2.03. The Balaban J connectivity index is 3.34. The second-order valence-corrected chi connectivity index (χ2v) is 3.28. The fourth-order valence-corrected chi connectivity index (χ4v) is 0.995. The molecule has 0 aromatic heterocycles. The number of nitrogens with one attached hydrogen (secondary N) is 1. The van der Waals surface area contributed by atoms with Gasteiger partial charge in [0.2, 0.25) is 0 Å². The van der Waals surface area contributed by atoms with Crippen LogP contribution in [0.1, 0.15) is 20.3 Å². The minimum atomic E-state index is 0.411. The van der Waals surface area contributed by atoms with E-state index in [1.807, 2.05) is 0 Å². The lowest BCUT2D eigenvalue weighted by Crippen LogP contribution is -2.31. The molecule has 0 aliphatic carbocycles. The zero-order valence-corrected chi connectivity index (χ0v) is 8.26. The summed E-state index contributed by atoms with van der Waals surface area (Å²) in [5, 5.41) is 3.35. The molecule has 0 saturated carbocycles. The molecular formula is C10H19NO. The smallest absolute Gasteiger partial charge is 0.0499 e. The summed E-state index contributed by atoms with van der Waals surface area (Å²) in [4.78, 5) is 0. The van der Waals surface area contributed by atoms with Crippen molar-refractivity contribution < 1.29 is 4.74 Å². The monoisotopic (exact) mass is 169 g/mol. The lowest BCUT2D eigenvalue weighted by Gasteiger charge is -2.15. The Morgan fingerprint density at radius 1 is 1.50 bits per heavy atom. The van der Waals surface area contributed by atoms with Crippen LogP contribution in [-0.2, 0) is 4.74 Å². The molecule has 0 bridgehead atoms. The Hall–Kier alpha value is -0.520. The molecule has 2 atom stereocenters. The second-order valence-electron chi connectivity index (χ2n) is 3.28. The van der Waals surface area contributed by atoms with Crippen molar-refractivity contribution in [2.75, 3.05) is 20.3 Å². The van der Waals surface area contributed by atoms with Crippen LogP contribution < -0.4 is 5.32 Å². The molecule has 0 saturated heterocycles. The molecule has 0 radical (unpaired) electrons. The van der Waals surface area contributed by atoms with Crippen LogP contribution in [0.3, 0.4) is 0 Å². The van der Waals surface area contributed by atoms with Gasteiger partial charge in [-0.3, -0.25) is 0 Å². The minimum Gasteiger partial charge on any atom is -0.384 e. The van der Waals surface area contributed by atoms with Gasteiger partial charge in [-0.25, -0.2) is 0 Å². The highest BCUT2D eigenvalue weighted by atomic mass is 16.5. The van der Waals surface area contributed by atoms with E-state index >= 15 is 0 Å². The molecule has 12 heavy (non-hydrogen) atoms. The molecule has 0 aliphatic rings. The standard InChI is InChI=1S/C10H19NO/c1-5-6-10(3)11-7-9(2)8-12-4/h1,9-11H,6-8H2,2-4H3. The highest BCUT2D eigenvalue weighted by molar-refractivity contribution is 4.88. The molecular weight excluding hydrogens is 150 g/mol. The van der Waals surface area contributed by atoms with Crippen LogP contribution >= 0.6 is 0 Å². The number of terminal acetylenes is 1. The molecule has 0 aromatic rings. The molecule has 0 heterocycles. The van der Waals surface area contributed by atoms with Gasteiger partial charge in [0, 0.05) is 32.7 Å². The number of hydrogen-bond acceptors (Lipinski definition) is 2. The highest BCUT2D eigenvalue weighted by Crippen LogP contribution is 1.95. The summed E-state index contributed by atoms with van der Waals surface area (Å²) in [5.74, 6) is 3.18. The van der Waals surface area contributed by atoms with Crippen LogP contribution in [0.15, 0.2) is 0 Å². The SMILES string of the molecule is C#CCC(C)NCC(C)COC. The fraction of sp³-hybridized carbons (Fsp3) is 0.800. The van der Waals surface area contributed by atoms with Gasteiger partial charge in [-0.2, -0.15) is 0 Å². The Morgan fingerprint density at radius 2 is 2.17 bits per heavy atom. The molecule has 2 nitrogen and oxygen atoms in total. The molecule has 70 valence electrons. The molecule has 0 rings (SSSR count). The molecule has 0 aromatic carbocycles. The van der Waals surface area contributed by atoms with E-state index in [0.29, 0.717) is 12.0 Å². The molecule has 2 heteroatoms. The van der Waals surface area contributed by atoms with Gasteiger partial charge in [0.15, 0.2) is 0 Å². The van der Waals surface area contributed by atoms with Crippen molar-refractivity contribution in [3.63, 3.8) is 0 Å². The van der Waals surface area contributed by atoms with E-state index in [9.17, 15) is 0 Å². The first-order valence-electron chi connectivity index (χ1n) is 4.36. The number of methoxy groups -OCH3 is 1. The molecule has 0 spiro atoms. The van der Waals surface area contributed by atoms with Crippen molar-refractivity contribution in [2.24, 2.45) is 5.92 Å². The van der Waals surface area contributed by atoms with E-state index in [1.165, 1.54) is 0 Å². The Labute approximate surface area is 75.7 Å². The quantitative estimate of drug-likeness (QED) is 0.605. The van der Waals surface area contributed by atoms with Gasteiger partial charge < -0.3 is 10.1 Å². The third kappa shape index (κ3) is 6.21. The average molecular weight is 169 g/mol. The minimum absolute atomic E-state index is 0.411. The van der Waals surface area contributed by atoms with Crippen LogP contribution in [0, 0.1) is 18.3 Å². The summed E-state index contributed by atoms with van der Waals surface area (Å²) in [6.07, 6.45) is 5.97. The first-order chi connectivity index (χ1) is 5.70. The fourth-order valence-electron chi connectivity index (χ4n) is 0.995. The van der Waals surface area contributed by atoms with E-state index in [0.717, 1.165) is 19.6 Å². The van der Waals surface area contributed by atoms with Gasteiger partial charge in [0.1, 0.15) is 0 Å². The van der Waals surface area contributed by atoms with Crippen molar-refractivity contribution in [1.82, 2.24) is 5.32 Å². The van der Waals surface area contributed by atoms with Crippen LogP contribution in [0.25, 0.3) is 0 Å². The first kappa shape index (κ1) is 11.5. The van der Waals surface area contributed by atoms with E-state index in [2.05, 4.69) is 25.1 Å². The van der Waals surface area contributed by atoms with Gasteiger partial charge in [-0.1, -0.05) is 6.92 Å². The second kappa shape index (κ2) is 7.15. The third-order valence-corrected chi connectivity index (χ3v) is 1.69. The summed E-state index contributed by atoms with van der Waals surface area (Å²) < 4.78 is 5.02. The van der Waals surface area contributed by atoms with Gasteiger partial charge in [-0.05, 0) is 12.8 Å². The van der Waals surface area contributed by atoms with E-state index < -0.39 is 0 Å². The van der Waals surface area contributed by atoms with Crippen LogP contribution in [0.5, 0.6) is 0 Å². The summed E-state index contributed by atoms with van der Waals surface area (Å²) in [6.45, 7) is 6.02. The first-order valence-corrected chi connectivity index (χ1v) is 4.36. The largest absolute Gasteiger partial charge is 0.384 e. The van der Waals surface area contributed by atoms with Crippen molar-refractivity contribution in [3.8, 4) is 12.3 Å². The normalized spacial score (nSPS) is 15.2. The summed E-state index contributed by atoms with van der Waals surface area (Å²) >= 11 is 0. The number of rotatable bonds is 6. The Bertz CT molecular complexity index is 139. The zero-order valence-electron chi connectivity index (χ0n) is 8.26. The van der Waals surface area contributed by atoms with Gasteiger partial charge in [0.05, 0.1) is 0 Å². The Morgan fingerprint density at radius 3 is 2.67 bits per heavy atom. The molecule has 0 amide bonds. The maximum Gasteiger partial charge on any atom is 0.0499 e. The van der Waals surface area contributed by atoms with E-state index in [-0.39, 0.29) is 0 Å². The maximum absolute atomic E-state index is 5.18. The van der Waals surface area contributed by atoms with Gasteiger partial charge in [-0.15, -0.1) is 12.3 Å². The summed E-state index contributed by atoms with van der Waals surface area (Å²) in [6, 6.07) is 0.411. The maximum atomic E-state index is 5.18. The molecule has 0 aliphatic heterocycles. The molecule has 1 N–H and O–H groups in total. The van der Waals surface area contributed by atoms with E-state index in [1.54, 1.807) is 7.11 Å². The van der Waals surface area contributed by atoms with Gasteiger partial charge >= 0.3 is 0 Å². The predicted molar refractivity (Wildman–Crippen MR) is 52.0 cm³/mol. The van der Waals surface area contributed by atoms with Gasteiger partial charge in [0.25, 0.3) is 0 Å². The predicted octanol–water partition coefficient (Wildman–Crippen LogP) is 1.27. The van der Waals surface area contributed by atoms with Crippen LogP contribution in [0.2, 0.25) is 0 Å². The zero-order chi connectivity index (χ0) is 9.40. The topological polar surface area (TPSA) is 21.3 Å². The lowest BCUT2D eigenvalue weighted by atomic mass is 10.1. The van der Waals surface area contributed by atoms with Crippen molar-refractivity contribution in [3.05, 3.63) is 0 Å². The number of hydrogen-bond donors (Lipinski definition) is 1. The number of ether oxygens (including phenoxy) is 1. The summed E-state index contributed by atoms with van der Waals surface area (Å²) in [5.41, 5.74) is 0. The lowest BCUT2D eigenvalue weighted by molar-refractivity contribution is 0.157. The summed E-state index contributed by atoms with van der Waals surface area (Å²) in [7, 11) is 1.72. The third-order valence-electron chi connectivity index (χ3n) is 1.69. The average Bonchev–Trinajstić information content (AvgIpc) is 2.02. The Kier molecular flexibility index (Phi) is 6.84. The van der Waals surface area contributed by atoms with E-state index in [4.69, 9.17) is 11.2 Å². The van der Waals surface area contributed by atoms with Crippen LogP contribution in [0.4, 0.5) is 0 Å². The molecule has 2 unspecified atom stereocenters. The molecule has 0 fully saturated rings. The van der Waals surface area contributed by atoms with Crippen LogP contribution in [-0.4, -0.2) is 26.3 Å².